The molecule has 3 aromatic rings. The van der Waals surface area contributed by atoms with Gasteiger partial charge in [-0.2, -0.15) is 0 Å². The summed E-state index contributed by atoms with van der Waals surface area (Å²) in [7, 11) is 0. The van der Waals surface area contributed by atoms with Crippen LogP contribution in [0, 0.1) is 13.8 Å². The van der Waals surface area contributed by atoms with Gasteiger partial charge in [0, 0.05) is 11.8 Å². The third-order valence-corrected chi connectivity index (χ3v) is 4.13. The number of ether oxygens (including phenoxy) is 1. The van der Waals surface area contributed by atoms with Crippen molar-refractivity contribution in [3.8, 4) is 11.4 Å². The van der Waals surface area contributed by atoms with Crippen molar-refractivity contribution in [3.05, 3.63) is 59.9 Å². The number of carbonyl (C=O) groups excluding carboxylic acids is 2. The van der Waals surface area contributed by atoms with E-state index >= 15 is 0 Å². The van der Waals surface area contributed by atoms with E-state index in [0.29, 0.717) is 11.4 Å². The summed E-state index contributed by atoms with van der Waals surface area (Å²) in [5.41, 5.74) is 3.51. The molecule has 0 aliphatic heterocycles. The number of amides is 2. The first-order chi connectivity index (χ1) is 13.5. The summed E-state index contributed by atoms with van der Waals surface area (Å²) >= 11 is 0. The number of aryl methyl sites for hydroxylation is 1. The number of hydrogen-bond donors (Lipinski definition) is 2. The monoisotopic (exact) mass is 380 g/mol. The van der Waals surface area contributed by atoms with Gasteiger partial charge in [0.25, 0.3) is 5.91 Å². The topological polar surface area (TPSA) is 111 Å². The fourth-order valence-corrected chi connectivity index (χ4v) is 2.46. The number of benzene rings is 2. The molecule has 1 aromatic heterocycles. The van der Waals surface area contributed by atoms with Crippen molar-refractivity contribution in [1.29, 1.82) is 0 Å². The smallest absolute Gasteiger partial charge is 0.258 e. The lowest BCUT2D eigenvalue weighted by atomic mass is 10.1. The summed E-state index contributed by atoms with van der Waals surface area (Å²) in [6.07, 6.45) is 1.46. The SMILES string of the molecule is Cc1cccc(NC(=O)CNC(=O)COc2cccc(-n3cnnn3)c2)c1C. The van der Waals surface area contributed by atoms with Gasteiger partial charge in [-0.3, -0.25) is 9.59 Å². The highest BCUT2D eigenvalue weighted by atomic mass is 16.5. The highest BCUT2D eigenvalue weighted by Crippen LogP contribution is 2.17. The van der Waals surface area contributed by atoms with Gasteiger partial charge in [0.15, 0.2) is 6.61 Å². The molecular weight excluding hydrogens is 360 g/mol. The molecule has 2 N–H and O–H groups in total. The second-order valence-corrected chi connectivity index (χ2v) is 6.11. The summed E-state index contributed by atoms with van der Waals surface area (Å²) in [4.78, 5) is 24.0. The summed E-state index contributed by atoms with van der Waals surface area (Å²) in [5.74, 6) is -0.213. The number of hydrogen-bond acceptors (Lipinski definition) is 6. The van der Waals surface area contributed by atoms with Crippen molar-refractivity contribution in [2.75, 3.05) is 18.5 Å². The first kappa shape index (κ1) is 19.0. The Bertz CT molecular complexity index is 972. The van der Waals surface area contributed by atoms with Gasteiger partial charge in [-0.25, -0.2) is 4.68 Å². The molecular formula is C19H20N6O3. The number of nitrogens with zero attached hydrogens (tertiary/aromatic N) is 4. The molecule has 144 valence electrons. The van der Waals surface area contributed by atoms with Crippen molar-refractivity contribution in [1.82, 2.24) is 25.5 Å². The Morgan fingerprint density at radius 1 is 1.11 bits per heavy atom. The number of rotatable bonds is 7. The van der Waals surface area contributed by atoms with Crippen LogP contribution < -0.4 is 15.4 Å². The van der Waals surface area contributed by atoms with Crippen molar-refractivity contribution < 1.29 is 14.3 Å². The van der Waals surface area contributed by atoms with Gasteiger partial charge in [-0.15, -0.1) is 5.10 Å². The van der Waals surface area contributed by atoms with Crippen LogP contribution in [0.15, 0.2) is 48.8 Å². The minimum Gasteiger partial charge on any atom is -0.484 e. The molecule has 0 radical (unpaired) electrons. The highest BCUT2D eigenvalue weighted by molar-refractivity contribution is 5.95. The number of anilines is 1. The largest absolute Gasteiger partial charge is 0.484 e. The zero-order valence-corrected chi connectivity index (χ0v) is 15.5. The molecule has 0 aliphatic rings. The van der Waals surface area contributed by atoms with E-state index < -0.39 is 5.91 Å². The summed E-state index contributed by atoms with van der Waals surface area (Å²) in [6.45, 7) is 3.55. The second kappa shape index (κ2) is 8.76. The Balaban J connectivity index is 1.46. The van der Waals surface area contributed by atoms with E-state index in [1.165, 1.54) is 11.0 Å². The molecule has 28 heavy (non-hydrogen) atoms. The van der Waals surface area contributed by atoms with Gasteiger partial charge in [-0.1, -0.05) is 18.2 Å². The minimum absolute atomic E-state index is 0.139. The third-order valence-electron chi connectivity index (χ3n) is 4.13. The maximum atomic E-state index is 12.0. The van der Waals surface area contributed by atoms with E-state index in [2.05, 4.69) is 26.2 Å². The van der Waals surface area contributed by atoms with Crippen LogP contribution in [0.25, 0.3) is 5.69 Å². The maximum absolute atomic E-state index is 12.0. The van der Waals surface area contributed by atoms with Crippen LogP contribution in [-0.2, 0) is 9.59 Å². The molecule has 0 spiro atoms. The van der Waals surface area contributed by atoms with Crippen molar-refractivity contribution in [3.63, 3.8) is 0 Å². The van der Waals surface area contributed by atoms with E-state index in [1.54, 1.807) is 24.3 Å². The van der Waals surface area contributed by atoms with Crippen LogP contribution in [0.2, 0.25) is 0 Å². The fraction of sp³-hybridized carbons (Fsp3) is 0.211. The lowest BCUT2D eigenvalue weighted by Crippen LogP contribution is -2.35. The zero-order chi connectivity index (χ0) is 19.9. The fourth-order valence-electron chi connectivity index (χ4n) is 2.46. The number of nitrogens with one attached hydrogen (secondary N) is 2. The highest BCUT2D eigenvalue weighted by Gasteiger charge is 2.09. The molecule has 0 unspecified atom stereocenters. The van der Waals surface area contributed by atoms with Gasteiger partial charge >= 0.3 is 0 Å². The summed E-state index contributed by atoms with van der Waals surface area (Å²) in [5, 5.41) is 16.3. The molecule has 0 atom stereocenters. The van der Waals surface area contributed by atoms with Crippen LogP contribution in [0.1, 0.15) is 11.1 Å². The minimum atomic E-state index is -0.399. The van der Waals surface area contributed by atoms with Gasteiger partial charge in [0.1, 0.15) is 12.1 Å². The second-order valence-electron chi connectivity index (χ2n) is 6.11. The van der Waals surface area contributed by atoms with E-state index in [1.807, 2.05) is 32.0 Å². The molecule has 9 nitrogen and oxygen atoms in total. The zero-order valence-electron chi connectivity index (χ0n) is 15.5. The van der Waals surface area contributed by atoms with E-state index in [9.17, 15) is 9.59 Å². The normalized spacial score (nSPS) is 10.4. The quantitative estimate of drug-likeness (QED) is 0.641. The average Bonchev–Trinajstić information content (AvgIpc) is 3.23. The Labute approximate surface area is 161 Å². The Kier molecular flexibility index (Phi) is 5.95. The average molecular weight is 380 g/mol. The Hall–Kier alpha value is -3.75. The Morgan fingerprint density at radius 3 is 2.71 bits per heavy atom. The number of tetrazole rings is 1. The summed E-state index contributed by atoms with van der Waals surface area (Å²) < 4.78 is 6.94. The molecule has 9 heteroatoms. The predicted molar refractivity (Wildman–Crippen MR) is 102 cm³/mol. The van der Waals surface area contributed by atoms with Crippen LogP contribution in [0.5, 0.6) is 5.75 Å². The van der Waals surface area contributed by atoms with Gasteiger partial charge < -0.3 is 15.4 Å². The standard InChI is InChI=1S/C19H20N6O3/c1-13-5-3-8-17(14(13)2)22-18(26)10-20-19(27)11-28-16-7-4-6-15(9-16)25-12-21-23-24-25/h3-9,12H,10-11H2,1-2H3,(H,20,27)(H,22,26). The summed E-state index contributed by atoms with van der Waals surface area (Å²) in [6, 6.07) is 12.7. The van der Waals surface area contributed by atoms with Crippen LogP contribution in [0.3, 0.4) is 0 Å². The number of carbonyl (C=O) groups is 2. The van der Waals surface area contributed by atoms with Crippen molar-refractivity contribution in [2.45, 2.75) is 13.8 Å². The van der Waals surface area contributed by atoms with E-state index in [0.717, 1.165) is 16.8 Å². The molecule has 0 saturated heterocycles. The molecule has 0 fully saturated rings. The maximum Gasteiger partial charge on any atom is 0.258 e. The van der Waals surface area contributed by atoms with Crippen LogP contribution in [0.4, 0.5) is 5.69 Å². The molecule has 0 bridgehead atoms. The molecule has 0 aliphatic carbocycles. The lowest BCUT2D eigenvalue weighted by Gasteiger charge is -2.11. The van der Waals surface area contributed by atoms with Crippen molar-refractivity contribution in [2.24, 2.45) is 0 Å². The number of aromatic nitrogens is 4. The van der Waals surface area contributed by atoms with Crippen LogP contribution in [-0.4, -0.2) is 45.2 Å². The molecule has 1 heterocycles. The molecule has 2 amide bonds. The lowest BCUT2D eigenvalue weighted by molar-refractivity contribution is -0.125. The molecule has 2 aromatic carbocycles. The molecule has 0 saturated carbocycles. The van der Waals surface area contributed by atoms with Gasteiger partial charge in [-0.05, 0) is 53.6 Å². The Morgan fingerprint density at radius 2 is 1.93 bits per heavy atom. The molecule has 3 rings (SSSR count). The third kappa shape index (κ3) is 4.91. The van der Waals surface area contributed by atoms with E-state index in [4.69, 9.17) is 4.74 Å². The van der Waals surface area contributed by atoms with Crippen molar-refractivity contribution >= 4 is 17.5 Å². The predicted octanol–water partition coefficient (Wildman–Crippen LogP) is 1.41. The van der Waals surface area contributed by atoms with Gasteiger partial charge in [0.05, 0.1) is 12.2 Å². The first-order valence-corrected chi connectivity index (χ1v) is 8.62. The first-order valence-electron chi connectivity index (χ1n) is 8.62. The van der Waals surface area contributed by atoms with Gasteiger partial charge in [0.2, 0.25) is 5.91 Å². The van der Waals surface area contributed by atoms with E-state index in [-0.39, 0.29) is 19.1 Å². The van der Waals surface area contributed by atoms with Crippen LogP contribution >= 0.6 is 0 Å².